The van der Waals surface area contributed by atoms with Crippen LogP contribution < -0.4 is 10.1 Å². The first-order chi connectivity index (χ1) is 12.0. The van der Waals surface area contributed by atoms with Crippen molar-refractivity contribution >= 4 is 17.7 Å². The van der Waals surface area contributed by atoms with E-state index in [-0.39, 0.29) is 12.5 Å². The van der Waals surface area contributed by atoms with Gasteiger partial charge in [-0.25, -0.2) is 4.79 Å². The van der Waals surface area contributed by atoms with E-state index in [0.717, 1.165) is 11.1 Å². The normalized spacial score (nSPS) is 10.0. The van der Waals surface area contributed by atoms with Crippen LogP contribution in [0.5, 0.6) is 5.75 Å². The molecule has 1 N–H and O–H groups in total. The highest BCUT2D eigenvalue weighted by Crippen LogP contribution is 2.16. The third-order valence-corrected chi connectivity index (χ3v) is 3.74. The number of anilines is 1. The van der Waals surface area contributed by atoms with Gasteiger partial charge in [-0.1, -0.05) is 24.3 Å². The molecule has 132 valence electrons. The average molecular weight is 342 g/mol. The molecule has 6 heteroatoms. The second-order valence-electron chi connectivity index (χ2n) is 5.61. The van der Waals surface area contributed by atoms with E-state index in [1.165, 1.54) is 7.11 Å². The summed E-state index contributed by atoms with van der Waals surface area (Å²) in [5.74, 6) is 0.438. The Balaban J connectivity index is 1.84. The summed E-state index contributed by atoms with van der Waals surface area (Å²) in [4.78, 5) is 25.0. The van der Waals surface area contributed by atoms with E-state index < -0.39 is 6.09 Å². The molecule has 0 heterocycles. The van der Waals surface area contributed by atoms with Gasteiger partial charge >= 0.3 is 6.09 Å². The summed E-state index contributed by atoms with van der Waals surface area (Å²) < 4.78 is 10.0. The summed E-state index contributed by atoms with van der Waals surface area (Å²) in [6, 6.07) is 14.7. The molecule has 0 aliphatic heterocycles. The van der Waals surface area contributed by atoms with Crippen molar-refractivity contribution in [3.05, 3.63) is 59.7 Å². The molecular weight excluding hydrogens is 320 g/mol. The number of amides is 2. The number of hydrogen-bond acceptors (Lipinski definition) is 4. The van der Waals surface area contributed by atoms with Gasteiger partial charge in [-0.3, -0.25) is 10.1 Å². The molecule has 0 saturated heterocycles. The standard InChI is InChI=1S/C19H22N2O4/c1-14-6-4-5-7-15(14)12-21(2)18(22)13-25-17-10-8-16(9-11-17)20-19(23)24-3/h4-11H,12-13H2,1-3H3,(H,20,23). The first kappa shape index (κ1) is 18.3. The molecule has 2 aromatic carbocycles. The monoisotopic (exact) mass is 342 g/mol. The van der Waals surface area contributed by atoms with Gasteiger partial charge in [-0.15, -0.1) is 0 Å². The molecule has 2 aromatic rings. The number of carbonyl (C=O) groups excluding carboxylic acids is 2. The summed E-state index contributed by atoms with van der Waals surface area (Å²) in [6.45, 7) is 2.51. The van der Waals surface area contributed by atoms with Crippen LogP contribution in [0.15, 0.2) is 48.5 Å². The Morgan fingerprint density at radius 3 is 2.40 bits per heavy atom. The number of nitrogens with zero attached hydrogens (tertiary/aromatic N) is 1. The number of ether oxygens (including phenoxy) is 2. The van der Waals surface area contributed by atoms with Crippen LogP contribution in [0.1, 0.15) is 11.1 Å². The maximum atomic E-state index is 12.2. The van der Waals surface area contributed by atoms with Crippen LogP contribution in [0, 0.1) is 6.92 Å². The van der Waals surface area contributed by atoms with E-state index in [1.807, 2.05) is 31.2 Å². The highest BCUT2D eigenvalue weighted by molar-refractivity contribution is 5.84. The first-order valence-electron chi connectivity index (χ1n) is 7.86. The molecule has 0 radical (unpaired) electrons. The second-order valence-corrected chi connectivity index (χ2v) is 5.61. The predicted molar refractivity (Wildman–Crippen MR) is 95.6 cm³/mol. The quantitative estimate of drug-likeness (QED) is 0.875. The summed E-state index contributed by atoms with van der Waals surface area (Å²) in [5, 5.41) is 2.54. The topological polar surface area (TPSA) is 67.9 Å². The molecule has 2 amide bonds. The zero-order chi connectivity index (χ0) is 18.2. The van der Waals surface area contributed by atoms with Gasteiger partial charge in [0.15, 0.2) is 6.61 Å². The molecule has 0 spiro atoms. The Morgan fingerprint density at radius 1 is 1.08 bits per heavy atom. The van der Waals surface area contributed by atoms with Crippen molar-refractivity contribution in [2.75, 3.05) is 26.1 Å². The molecule has 0 aromatic heterocycles. The smallest absolute Gasteiger partial charge is 0.411 e. The Bertz CT molecular complexity index is 728. The summed E-state index contributed by atoms with van der Waals surface area (Å²) in [7, 11) is 3.05. The minimum atomic E-state index is -0.540. The molecule has 0 atom stereocenters. The molecule has 0 unspecified atom stereocenters. The van der Waals surface area contributed by atoms with Crippen LogP contribution in [-0.4, -0.2) is 37.7 Å². The van der Waals surface area contributed by atoms with Gasteiger partial charge in [0.05, 0.1) is 7.11 Å². The molecule has 0 aliphatic carbocycles. The molecular formula is C19H22N2O4. The fourth-order valence-electron chi connectivity index (χ4n) is 2.19. The number of aryl methyl sites for hydroxylation is 1. The van der Waals surface area contributed by atoms with Gasteiger partial charge in [0.25, 0.3) is 5.91 Å². The fourth-order valence-corrected chi connectivity index (χ4v) is 2.19. The van der Waals surface area contributed by atoms with Crippen molar-refractivity contribution in [3.8, 4) is 5.75 Å². The Hall–Kier alpha value is -3.02. The van der Waals surface area contributed by atoms with E-state index in [1.54, 1.807) is 36.2 Å². The summed E-state index contributed by atoms with van der Waals surface area (Å²) >= 11 is 0. The second kappa shape index (κ2) is 8.73. The van der Waals surface area contributed by atoms with Gasteiger partial charge < -0.3 is 14.4 Å². The van der Waals surface area contributed by atoms with Gasteiger partial charge in [-0.05, 0) is 42.3 Å². The maximum Gasteiger partial charge on any atom is 0.411 e. The lowest BCUT2D eigenvalue weighted by atomic mass is 10.1. The minimum Gasteiger partial charge on any atom is -0.484 e. The van der Waals surface area contributed by atoms with Gasteiger partial charge in [0.1, 0.15) is 5.75 Å². The van der Waals surface area contributed by atoms with Crippen LogP contribution in [0.3, 0.4) is 0 Å². The van der Waals surface area contributed by atoms with Crippen molar-refractivity contribution < 1.29 is 19.1 Å². The number of likely N-dealkylation sites (N-methyl/N-ethyl adjacent to an activating group) is 1. The van der Waals surface area contributed by atoms with E-state index >= 15 is 0 Å². The molecule has 0 aliphatic rings. The number of nitrogens with one attached hydrogen (secondary N) is 1. The van der Waals surface area contributed by atoms with Crippen LogP contribution in [0.4, 0.5) is 10.5 Å². The lowest BCUT2D eigenvalue weighted by Crippen LogP contribution is -2.31. The highest BCUT2D eigenvalue weighted by Gasteiger charge is 2.11. The van der Waals surface area contributed by atoms with Crippen molar-refractivity contribution in [1.82, 2.24) is 4.90 Å². The summed E-state index contributed by atoms with van der Waals surface area (Å²) in [5.41, 5.74) is 2.84. The van der Waals surface area contributed by atoms with Crippen LogP contribution in [0.25, 0.3) is 0 Å². The van der Waals surface area contributed by atoms with Gasteiger partial charge in [0.2, 0.25) is 0 Å². The number of methoxy groups -OCH3 is 1. The molecule has 0 fully saturated rings. The molecule has 0 bridgehead atoms. The number of hydrogen-bond donors (Lipinski definition) is 1. The number of benzene rings is 2. The van der Waals surface area contributed by atoms with E-state index in [2.05, 4.69) is 10.1 Å². The van der Waals surface area contributed by atoms with Crippen molar-refractivity contribution in [3.63, 3.8) is 0 Å². The van der Waals surface area contributed by atoms with Gasteiger partial charge in [-0.2, -0.15) is 0 Å². The largest absolute Gasteiger partial charge is 0.484 e. The number of carbonyl (C=O) groups is 2. The predicted octanol–water partition coefficient (Wildman–Crippen LogP) is 3.21. The van der Waals surface area contributed by atoms with Crippen LogP contribution >= 0.6 is 0 Å². The zero-order valence-electron chi connectivity index (χ0n) is 14.6. The lowest BCUT2D eigenvalue weighted by Gasteiger charge is -2.18. The lowest BCUT2D eigenvalue weighted by molar-refractivity contribution is -0.132. The molecule has 0 saturated carbocycles. The average Bonchev–Trinajstić information content (AvgIpc) is 2.62. The zero-order valence-corrected chi connectivity index (χ0v) is 14.6. The highest BCUT2D eigenvalue weighted by atomic mass is 16.5. The molecule has 25 heavy (non-hydrogen) atoms. The Kier molecular flexibility index (Phi) is 6.39. The molecule has 6 nitrogen and oxygen atoms in total. The minimum absolute atomic E-state index is 0.0494. The van der Waals surface area contributed by atoms with Crippen LogP contribution in [0.2, 0.25) is 0 Å². The molecule has 2 rings (SSSR count). The fraction of sp³-hybridized carbons (Fsp3) is 0.263. The SMILES string of the molecule is COC(=O)Nc1ccc(OCC(=O)N(C)Cc2ccccc2C)cc1. The van der Waals surface area contributed by atoms with Crippen molar-refractivity contribution in [2.45, 2.75) is 13.5 Å². The number of rotatable bonds is 6. The first-order valence-corrected chi connectivity index (χ1v) is 7.86. The third-order valence-electron chi connectivity index (χ3n) is 3.74. The van der Waals surface area contributed by atoms with Gasteiger partial charge in [0, 0.05) is 19.3 Å². The Morgan fingerprint density at radius 2 is 1.76 bits per heavy atom. The van der Waals surface area contributed by atoms with Crippen molar-refractivity contribution in [2.24, 2.45) is 0 Å². The maximum absolute atomic E-state index is 12.2. The van der Waals surface area contributed by atoms with Crippen LogP contribution in [-0.2, 0) is 16.1 Å². The Labute approximate surface area is 147 Å². The summed E-state index contributed by atoms with van der Waals surface area (Å²) in [6.07, 6.45) is -0.540. The van der Waals surface area contributed by atoms with E-state index in [9.17, 15) is 9.59 Å². The van der Waals surface area contributed by atoms with E-state index in [4.69, 9.17) is 4.74 Å². The van der Waals surface area contributed by atoms with Crippen molar-refractivity contribution in [1.29, 1.82) is 0 Å². The van der Waals surface area contributed by atoms with E-state index in [0.29, 0.717) is 18.0 Å². The third kappa shape index (κ3) is 5.53.